The first-order valence-electron chi connectivity index (χ1n) is 10.1. The summed E-state index contributed by atoms with van der Waals surface area (Å²) in [6, 6.07) is 13.6. The molecule has 1 saturated heterocycles. The highest BCUT2D eigenvalue weighted by atomic mass is 35.5. The van der Waals surface area contributed by atoms with Crippen molar-refractivity contribution in [1.29, 1.82) is 0 Å². The molecular formula is C23H29ClO5. The molecule has 2 aromatic rings. The first kappa shape index (κ1) is 22.1. The zero-order valence-corrected chi connectivity index (χ0v) is 17.7. The standard InChI is InChI=1S/C23H29ClO5/c1-3-27-20-8-5-16(6-9-20)11-17-12-18(7-10-22(17)24)23(28-4-2)14-19(26)13-21(15-25)29-23/h5-10,12,19,21,25-26H,3-4,11,13-15H2,1-2H3. The highest BCUT2D eigenvalue weighted by Crippen LogP contribution is 2.40. The van der Waals surface area contributed by atoms with Crippen LogP contribution in [0.5, 0.6) is 5.75 Å². The minimum absolute atomic E-state index is 0.168. The third-order valence-electron chi connectivity index (χ3n) is 5.09. The van der Waals surface area contributed by atoms with Crippen molar-refractivity contribution in [3.05, 3.63) is 64.2 Å². The third kappa shape index (κ3) is 5.30. The van der Waals surface area contributed by atoms with Crippen LogP contribution >= 0.6 is 11.6 Å². The fourth-order valence-electron chi connectivity index (χ4n) is 3.81. The van der Waals surface area contributed by atoms with Gasteiger partial charge in [0, 0.05) is 30.0 Å². The van der Waals surface area contributed by atoms with Crippen LogP contribution in [0, 0.1) is 0 Å². The molecule has 1 aliphatic heterocycles. The van der Waals surface area contributed by atoms with E-state index < -0.39 is 18.0 Å². The Balaban J connectivity index is 1.89. The van der Waals surface area contributed by atoms with Crippen molar-refractivity contribution in [2.24, 2.45) is 0 Å². The molecule has 2 aromatic carbocycles. The molecule has 3 rings (SSSR count). The number of hydrogen-bond donors (Lipinski definition) is 2. The van der Waals surface area contributed by atoms with Gasteiger partial charge in [0.1, 0.15) is 5.75 Å². The smallest absolute Gasteiger partial charge is 0.197 e. The van der Waals surface area contributed by atoms with Gasteiger partial charge in [-0.3, -0.25) is 0 Å². The molecular weight excluding hydrogens is 392 g/mol. The maximum atomic E-state index is 10.4. The van der Waals surface area contributed by atoms with Crippen LogP contribution in [0.15, 0.2) is 42.5 Å². The molecule has 0 aliphatic carbocycles. The number of ether oxygens (including phenoxy) is 3. The summed E-state index contributed by atoms with van der Waals surface area (Å²) < 4.78 is 17.6. The van der Waals surface area contributed by atoms with Crippen molar-refractivity contribution in [3.8, 4) is 5.75 Å². The molecule has 0 spiro atoms. The Labute approximate surface area is 177 Å². The summed E-state index contributed by atoms with van der Waals surface area (Å²) in [7, 11) is 0. The van der Waals surface area contributed by atoms with E-state index in [1.165, 1.54) is 0 Å². The van der Waals surface area contributed by atoms with Crippen molar-refractivity contribution in [2.75, 3.05) is 19.8 Å². The Morgan fingerprint density at radius 1 is 1.14 bits per heavy atom. The third-order valence-corrected chi connectivity index (χ3v) is 5.46. The summed E-state index contributed by atoms with van der Waals surface area (Å²) in [5, 5.41) is 20.6. The average molecular weight is 421 g/mol. The molecule has 3 unspecified atom stereocenters. The Morgan fingerprint density at radius 3 is 2.55 bits per heavy atom. The maximum Gasteiger partial charge on any atom is 0.197 e. The van der Waals surface area contributed by atoms with Gasteiger partial charge in [0.15, 0.2) is 5.79 Å². The number of benzene rings is 2. The molecule has 2 N–H and O–H groups in total. The van der Waals surface area contributed by atoms with Crippen molar-refractivity contribution in [2.45, 2.75) is 51.1 Å². The van der Waals surface area contributed by atoms with Crippen molar-refractivity contribution in [1.82, 2.24) is 0 Å². The second-order valence-corrected chi connectivity index (χ2v) is 7.67. The van der Waals surface area contributed by atoms with Gasteiger partial charge < -0.3 is 24.4 Å². The topological polar surface area (TPSA) is 68.2 Å². The van der Waals surface area contributed by atoms with Crippen molar-refractivity contribution >= 4 is 11.6 Å². The van der Waals surface area contributed by atoms with E-state index in [4.69, 9.17) is 25.8 Å². The molecule has 1 aliphatic rings. The highest BCUT2D eigenvalue weighted by molar-refractivity contribution is 6.31. The van der Waals surface area contributed by atoms with Gasteiger partial charge in [-0.25, -0.2) is 0 Å². The summed E-state index contributed by atoms with van der Waals surface area (Å²) in [5.74, 6) is -0.260. The molecule has 1 fully saturated rings. The van der Waals surface area contributed by atoms with Gasteiger partial charge in [-0.2, -0.15) is 0 Å². The summed E-state index contributed by atoms with van der Waals surface area (Å²) in [6.07, 6.45) is 0.250. The van der Waals surface area contributed by atoms with Gasteiger partial charge >= 0.3 is 0 Å². The number of halogens is 1. The van der Waals surface area contributed by atoms with E-state index in [1.807, 2.05) is 56.3 Å². The summed E-state index contributed by atoms with van der Waals surface area (Å²) in [5.41, 5.74) is 2.84. The van der Waals surface area contributed by atoms with Crippen LogP contribution in [-0.4, -0.2) is 42.2 Å². The Hall–Kier alpha value is -1.63. The van der Waals surface area contributed by atoms with Crippen LogP contribution in [0.1, 0.15) is 43.4 Å². The number of aliphatic hydroxyl groups is 2. The predicted molar refractivity (Wildman–Crippen MR) is 112 cm³/mol. The molecule has 3 atom stereocenters. The van der Waals surface area contributed by atoms with Crippen LogP contribution in [-0.2, 0) is 21.7 Å². The lowest BCUT2D eigenvalue weighted by Crippen LogP contribution is -2.47. The first-order chi connectivity index (χ1) is 14.0. The van der Waals surface area contributed by atoms with E-state index in [2.05, 4.69) is 0 Å². The fraction of sp³-hybridized carbons (Fsp3) is 0.478. The van der Waals surface area contributed by atoms with Gasteiger partial charge in [0.2, 0.25) is 0 Å². The minimum atomic E-state index is -1.10. The first-order valence-corrected chi connectivity index (χ1v) is 10.5. The van der Waals surface area contributed by atoms with Gasteiger partial charge in [-0.1, -0.05) is 29.8 Å². The second-order valence-electron chi connectivity index (χ2n) is 7.26. The molecule has 29 heavy (non-hydrogen) atoms. The molecule has 5 nitrogen and oxygen atoms in total. The molecule has 0 radical (unpaired) electrons. The van der Waals surface area contributed by atoms with E-state index in [1.54, 1.807) is 0 Å². The SMILES string of the molecule is CCOc1ccc(Cc2cc(C3(OCC)CC(O)CC(CO)O3)ccc2Cl)cc1. The van der Waals surface area contributed by atoms with Crippen molar-refractivity contribution in [3.63, 3.8) is 0 Å². The van der Waals surface area contributed by atoms with E-state index in [0.717, 1.165) is 22.4 Å². The summed E-state index contributed by atoms with van der Waals surface area (Å²) >= 11 is 6.48. The molecule has 0 aromatic heterocycles. The lowest BCUT2D eigenvalue weighted by molar-refractivity contribution is -0.307. The number of rotatable bonds is 8. The Bertz CT molecular complexity index is 794. The molecule has 1 heterocycles. The quantitative estimate of drug-likeness (QED) is 0.674. The Morgan fingerprint density at radius 2 is 1.90 bits per heavy atom. The fourth-order valence-corrected chi connectivity index (χ4v) is 3.99. The molecule has 0 saturated carbocycles. The second kappa shape index (κ2) is 9.92. The zero-order valence-electron chi connectivity index (χ0n) is 16.9. The number of hydrogen-bond acceptors (Lipinski definition) is 5. The highest BCUT2D eigenvalue weighted by Gasteiger charge is 2.43. The van der Waals surface area contributed by atoms with Crippen LogP contribution in [0.25, 0.3) is 0 Å². The molecule has 0 amide bonds. The largest absolute Gasteiger partial charge is 0.494 e. The van der Waals surface area contributed by atoms with Gasteiger partial charge in [0.25, 0.3) is 0 Å². The van der Waals surface area contributed by atoms with Crippen LogP contribution in [0.2, 0.25) is 5.02 Å². The lowest BCUT2D eigenvalue weighted by atomic mass is 9.91. The van der Waals surface area contributed by atoms with Gasteiger partial charge in [-0.05, 0) is 55.7 Å². The van der Waals surface area contributed by atoms with E-state index in [-0.39, 0.29) is 6.61 Å². The minimum Gasteiger partial charge on any atom is -0.494 e. The molecule has 6 heteroatoms. The summed E-state index contributed by atoms with van der Waals surface area (Å²) in [6.45, 7) is 4.73. The number of aliphatic hydroxyl groups excluding tert-OH is 2. The predicted octanol–water partition coefficient (Wildman–Crippen LogP) is 4.05. The van der Waals surface area contributed by atoms with Crippen LogP contribution < -0.4 is 4.74 Å². The van der Waals surface area contributed by atoms with Gasteiger partial charge in [0.05, 0.1) is 25.4 Å². The van der Waals surface area contributed by atoms with Crippen LogP contribution in [0.4, 0.5) is 0 Å². The normalized spacial score (nSPS) is 24.4. The maximum absolute atomic E-state index is 10.4. The lowest BCUT2D eigenvalue weighted by Gasteiger charge is -2.42. The van der Waals surface area contributed by atoms with E-state index in [0.29, 0.717) is 37.5 Å². The Kier molecular flexibility index (Phi) is 7.55. The monoisotopic (exact) mass is 420 g/mol. The molecule has 158 valence electrons. The van der Waals surface area contributed by atoms with E-state index in [9.17, 15) is 10.2 Å². The van der Waals surface area contributed by atoms with Crippen LogP contribution in [0.3, 0.4) is 0 Å². The van der Waals surface area contributed by atoms with E-state index >= 15 is 0 Å². The van der Waals surface area contributed by atoms with Gasteiger partial charge in [-0.15, -0.1) is 0 Å². The average Bonchev–Trinajstić information content (AvgIpc) is 2.71. The van der Waals surface area contributed by atoms with Crippen molar-refractivity contribution < 1.29 is 24.4 Å². The zero-order chi connectivity index (χ0) is 20.9. The summed E-state index contributed by atoms with van der Waals surface area (Å²) in [4.78, 5) is 0. The molecule has 0 bridgehead atoms.